The lowest BCUT2D eigenvalue weighted by molar-refractivity contribution is -0.596. The quantitative estimate of drug-likeness (QED) is 0.0169. The highest BCUT2D eigenvalue weighted by atomic mass is 32.2. The molecule has 0 radical (unpaired) electrons. The predicted molar refractivity (Wildman–Crippen MR) is 466 cm³/mol. The SMILES string of the molecule is C/C=C/C=C/C=C1C(=O)OC2(CCC3(CC2)OC(=O)C(/C=C/C=C/C=C2C(=O)N(C(C)CC)S(=O)(=O)N(C(C)CC)C2=O)=C([O-])O3)OC1=O.CCC(C)N1C(=O)C(=CC=CC=CC2=C([O-])OC3(CCC4(CC3)OC(=O)C(C)=C([O-])O4)OC2=O)C(=O)N(C(C)CC)S1(=O)=O.Oc1ccc(-[n+]2ccc(-c3cc[n+](-c4ccc(O)c(-c5ccccc5)c4)cc3)cc2)cc1-c1ccccc1. The van der Waals surface area contributed by atoms with Gasteiger partial charge in [0.05, 0.1) is 34.6 Å². The molecule has 4 spiro atoms. The number of ether oxygens (including phenoxy) is 8. The Bertz CT molecular complexity index is 5880. The maximum Gasteiger partial charge on any atom is 0.348 e. The minimum atomic E-state index is -4.38. The van der Waals surface area contributed by atoms with Gasteiger partial charge in [0.15, 0.2) is 42.1 Å². The molecule has 4 aromatic carbocycles. The highest BCUT2D eigenvalue weighted by molar-refractivity contribution is 7.88. The fourth-order valence-electron chi connectivity index (χ4n) is 15.1. The summed E-state index contributed by atoms with van der Waals surface area (Å²) < 4.78 is 103. The molecule has 2 saturated carbocycles. The predicted octanol–water partition coefficient (Wildman–Crippen LogP) is 10.3. The first kappa shape index (κ1) is 95.7. The zero-order valence-electron chi connectivity index (χ0n) is 73.5. The van der Waals surface area contributed by atoms with Crippen LogP contribution in [0.4, 0.5) is 0 Å². The minimum absolute atomic E-state index is 0.0530. The van der Waals surface area contributed by atoms with Gasteiger partial charge in [0.25, 0.3) is 29.4 Å². The Morgan fingerprint density at radius 1 is 0.374 bits per heavy atom. The lowest BCUT2D eigenvalue weighted by atomic mass is 9.87. The van der Waals surface area contributed by atoms with Crippen molar-refractivity contribution in [3.05, 3.63) is 289 Å². The van der Waals surface area contributed by atoms with E-state index in [-0.39, 0.29) is 85.2 Å². The number of amides is 4. The number of aromatic nitrogens is 2. The summed E-state index contributed by atoms with van der Waals surface area (Å²) in [4.78, 5) is 115. The lowest BCUT2D eigenvalue weighted by Gasteiger charge is -2.53. The van der Waals surface area contributed by atoms with Gasteiger partial charge in [-0.2, -0.15) is 26.0 Å². The molecule has 14 rings (SSSR count). The molecule has 4 atom stereocenters. The van der Waals surface area contributed by atoms with Crippen molar-refractivity contribution < 1.29 is 133 Å². The summed E-state index contributed by atoms with van der Waals surface area (Å²) in [5.41, 5.74) is 5.69. The van der Waals surface area contributed by atoms with Gasteiger partial charge < -0.3 is 63.4 Å². The van der Waals surface area contributed by atoms with Gasteiger partial charge in [0, 0.05) is 135 Å². The van der Waals surface area contributed by atoms with Crippen LogP contribution in [0.5, 0.6) is 11.5 Å². The summed E-state index contributed by atoms with van der Waals surface area (Å²) in [7, 11) is -8.75. The van der Waals surface area contributed by atoms with Crippen molar-refractivity contribution in [2.45, 2.75) is 194 Å². The second-order valence-corrected chi connectivity index (χ2v) is 35.3. The van der Waals surface area contributed by atoms with Crippen molar-refractivity contribution in [1.82, 2.24) is 17.2 Å². The van der Waals surface area contributed by atoms with E-state index in [2.05, 4.69) is 24.3 Å². The Kier molecular flexibility index (Phi) is 29.3. The summed E-state index contributed by atoms with van der Waals surface area (Å²) in [6.45, 7) is 16.3. The molecule has 2 aliphatic carbocycles. The normalized spacial score (nSPS) is 20.2. The van der Waals surface area contributed by atoms with E-state index in [0.717, 1.165) is 56.9 Å². The number of hydrogen-bond acceptors (Lipinski definition) is 26. The minimum Gasteiger partial charge on any atom is -0.574 e. The van der Waals surface area contributed by atoms with Crippen LogP contribution >= 0.6 is 0 Å². The Labute approximate surface area is 757 Å². The number of esters is 5. The van der Waals surface area contributed by atoms with E-state index in [0.29, 0.717) is 42.9 Å². The number of nitrogens with zero attached hydrogens (tertiary/aromatic N) is 6. The van der Waals surface area contributed by atoms with Gasteiger partial charge in [-0.15, -0.1) is 0 Å². The summed E-state index contributed by atoms with van der Waals surface area (Å²) in [6.07, 6.45) is 29.2. The second-order valence-electron chi connectivity index (χ2n) is 31.9. The van der Waals surface area contributed by atoms with E-state index in [1.165, 1.54) is 67.7 Å². The van der Waals surface area contributed by atoms with Crippen LogP contribution in [0.25, 0.3) is 44.8 Å². The summed E-state index contributed by atoms with van der Waals surface area (Å²) in [5.74, 6) is -16.8. The largest absolute Gasteiger partial charge is 0.574 e. The van der Waals surface area contributed by atoms with E-state index in [9.17, 15) is 85.5 Å². The molecule has 3 saturated heterocycles. The fraction of sp³-hybridized carbons (Fsp3) is 0.309. The van der Waals surface area contributed by atoms with Gasteiger partial charge in [-0.3, -0.25) is 19.2 Å². The Balaban J connectivity index is 0.000000179. The molecule has 6 aliphatic heterocycles. The highest BCUT2D eigenvalue weighted by Gasteiger charge is 2.55. The molecule has 34 heteroatoms. The topological polar surface area (TPSA) is 426 Å². The van der Waals surface area contributed by atoms with Gasteiger partial charge in [0.2, 0.25) is 11.4 Å². The lowest BCUT2D eigenvalue weighted by Crippen LogP contribution is -2.61. The molecule has 8 aliphatic rings. The van der Waals surface area contributed by atoms with Crippen LogP contribution in [0, 0.1) is 0 Å². The molecule has 2 N–H and O–H groups in total. The van der Waals surface area contributed by atoms with Gasteiger partial charge in [-0.05, 0) is 132 Å². The first-order valence-corrected chi connectivity index (χ1v) is 45.4. The summed E-state index contributed by atoms with van der Waals surface area (Å²) >= 11 is 0. The maximum absolute atomic E-state index is 13.2. The maximum atomic E-state index is 13.2. The molecule has 32 nitrogen and oxygen atoms in total. The van der Waals surface area contributed by atoms with E-state index >= 15 is 0 Å². The van der Waals surface area contributed by atoms with Crippen LogP contribution in [-0.2, 0) is 101 Å². The average molecular weight is 1830 g/mol. The van der Waals surface area contributed by atoms with Crippen LogP contribution in [0.1, 0.15) is 146 Å². The number of carbonyl (C=O) groups excluding carboxylic acids is 9. The Morgan fingerprint density at radius 3 is 0.985 bits per heavy atom. The molecule has 2 aromatic heterocycles. The van der Waals surface area contributed by atoms with Crippen molar-refractivity contribution in [3.8, 4) is 56.3 Å². The first-order valence-electron chi connectivity index (χ1n) is 42.6. The third kappa shape index (κ3) is 20.5. The van der Waals surface area contributed by atoms with Crippen molar-refractivity contribution in [2.24, 2.45) is 0 Å². The number of pyridine rings is 2. The van der Waals surface area contributed by atoms with E-state index in [1.807, 2.05) is 126 Å². The third-order valence-corrected chi connectivity index (χ3v) is 27.4. The summed E-state index contributed by atoms with van der Waals surface area (Å²) in [5, 5.41) is 58.4. The number of phenolic OH excluding ortho intramolecular Hbond substituents is 2. The molecule has 686 valence electrons. The van der Waals surface area contributed by atoms with E-state index in [1.54, 1.807) is 85.8 Å². The highest BCUT2D eigenvalue weighted by Crippen LogP contribution is 2.48. The monoisotopic (exact) mass is 1830 g/mol. The molecule has 4 unspecified atom stereocenters. The first-order chi connectivity index (χ1) is 62.4. The van der Waals surface area contributed by atoms with Crippen LogP contribution in [0.3, 0.4) is 0 Å². The second kappa shape index (κ2) is 40.1. The summed E-state index contributed by atoms with van der Waals surface area (Å²) in [6, 6.07) is 36.7. The number of allylic oxidation sites excluding steroid dienone is 13. The number of phenols is 2. The number of carbonyl (C=O) groups is 9. The van der Waals surface area contributed by atoms with Gasteiger partial charge >= 0.3 is 50.3 Å². The van der Waals surface area contributed by atoms with Gasteiger partial charge in [-0.1, -0.05) is 149 Å². The number of rotatable bonds is 21. The molecular weight excluding hydrogens is 1730 g/mol. The standard InChI is InChI=1S/C34H40N2O12S.C34H24N2O2.C29H36N2O12S/c1-6-9-10-12-16-25-29(39)45-33(46-30(25)40)18-20-34(21-19-33)47-31(41)26(32(42)48-34)17-14-11-13-15-24-27(37)35(22(4)7-2)49(43,44)36(28(24)38)23(5)8-3;37-33-13-11-29(23-31(33)27-7-3-1-4-8-27)35-19-15-25(16-20-35)26-17-21-36(22-18-26)30-12-14-34(38)32(24-30)28-9-5-2-6-10-28;1-6-17(3)30-22(32)20(23(33)31(18(4)7-2)44(30,38)39)11-9-8-10-12-21-26(36)42-29(43-27(21)37)15-13-28(14-16-29)40-24(34)19(5)25(35)41-28/h6,9-17,22-23,41H,7-8,18-21H2,1-5H3;1-24H;8-12,17-18,34,36H,6-7,13-16H2,1-5H3/p-1/b9-6+,12-10+,13-11+,17-14+,24-15?,25-16?;;. The Morgan fingerprint density at radius 2 is 0.672 bits per heavy atom. The molecule has 6 aromatic rings. The van der Waals surface area contributed by atoms with Crippen molar-refractivity contribution in [2.75, 3.05) is 0 Å². The zero-order chi connectivity index (χ0) is 94.7. The number of aromatic hydroxyl groups is 2. The van der Waals surface area contributed by atoms with Crippen LogP contribution in [0.2, 0.25) is 0 Å². The Hall–Kier alpha value is -14.4. The van der Waals surface area contributed by atoms with Crippen LogP contribution in [0.15, 0.2) is 289 Å². The van der Waals surface area contributed by atoms with Gasteiger partial charge in [-0.25, -0.2) is 41.2 Å². The van der Waals surface area contributed by atoms with E-state index < -0.39 is 150 Å². The van der Waals surface area contributed by atoms with Crippen molar-refractivity contribution in [1.29, 1.82) is 0 Å². The van der Waals surface area contributed by atoms with E-state index in [4.69, 9.17) is 37.9 Å². The molecule has 5 fully saturated rings. The van der Waals surface area contributed by atoms with Gasteiger partial charge in [0.1, 0.15) is 28.2 Å². The van der Waals surface area contributed by atoms with Crippen molar-refractivity contribution in [3.63, 3.8) is 0 Å². The van der Waals surface area contributed by atoms with Crippen molar-refractivity contribution >= 4 is 73.9 Å². The third-order valence-electron chi connectivity index (χ3n) is 23.3. The molecule has 0 bridgehead atoms. The molecule has 8 heterocycles. The zero-order valence-corrected chi connectivity index (χ0v) is 75.1. The van der Waals surface area contributed by atoms with Crippen LogP contribution < -0.4 is 24.5 Å². The molecular formula is C97H99N6O26S2-. The number of hydrogen-bond donors (Lipinski definition) is 2. The molecule has 4 amide bonds. The molecule has 131 heavy (non-hydrogen) atoms. The average Bonchev–Trinajstić information content (AvgIpc) is 0.797. The smallest absolute Gasteiger partial charge is 0.348 e. The fourth-order valence-corrected chi connectivity index (χ4v) is 19.2. The number of benzene rings is 4. The van der Waals surface area contributed by atoms with Crippen LogP contribution in [-0.4, -0.2) is 145 Å².